The molecule has 0 aliphatic carbocycles. The third kappa shape index (κ3) is 4.20. The molecule has 0 aliphatic rings. The minimum absolute atomic E-state index is 0.00785. The van der Waals surface area contributed by atoms with E-state index in [1.54, 1.807) is 0 Å². The summed E-state index contributed by atoms with van der Waals surface area (Å²) in [5.41, 5.74) is 7.35. The van der Waals surface area contributed by atoms with Crippen LogP contribution in [0.3, 0.4) is 0 Å². The number of carbonyl (C=O) groups is 1. The van der Waals surface area contributed by atoms with E-state index in [0.29, 0.717) is 18.1 Å². The molecular weight excluding hydrogens is 250 g/mol. The molecule has 100 valence electrons. The molecule has 4 nitrogen and oxygen atoms in total. The third-order valence-corrected chi connectivity index (χ3v) is 2.88. The summed E-state index contributed by atoms with van der Waals surface area (Å²) in [6.45, 7) is 4.59. The zero-order valence-electron chi connectivity index (χ0n) is 11.0. The molecule has 0 atom stereocenters. The van der Waals surface area contributed by atoms with Crippen LogP contribution in [0.15, 0.2) is 18.2 Å². The van der Waals surface area contributed by atoms with Gasteiger partial charge in [-0.25, -0.2) is 0 Å². The molecule has 0 unspecified atom stereocenters. The van der Waals surface area contributed by atoms with Gasteiger partial charge in [-0.05, 0) is 31.5 Å². The minimum Gasteiger partial charge on any atom is -0.365 e. The number of benzene rings is 1. The first-order chi connectivity index (χ1) is 8.43. The van der Waals surface area contributed by atoms with Crippen LogP contribution < -0.4 is 16.0 Å². The molecule has 0 saturated carbocycles. The summed E-state index contributed by atoms with van der Waals surface area (Å²) in [5, 5.41) is 3.48. The lowest BCUT2D eigenvalue weighted by Gasteiger charge is -2.20. The van der Waals surface area contributed by atoms with Crippen LogP contribution >= 0.6 is 11.6 Å². The number of nitrogens with one attached hydrogen (secondary N) is 1. The van der Waals surface area contributed by atoms with E-state index in [9.17, 15) is 4.79 Å². The summed E-state index contributed by atoms with van der Waals surface area (Å²) in [6, 6.07) is 5.77. The van der Waals surface area contributed by atoms with Gasteiger partial charge in [-0.2, -0.15) is 0 Å². The highest BCUT2D eigenvalue weighted by atomic mass is 35.5. The Morgan fingerprint density at radius 1 is 1.50 bits per heavy atom. The SMILES string of the molecule is CC(C)NC(=O)CN(C)c1ccc(CN)c(Cl)c1. The van der Waals surface area contributed by atoms with Crippen LogP contribution in [0.25, 0.3) is 0 Å². The Kier molecular flexibility index (Phi) is 5.44. The summed E-state index contributed by atoms with van der Waals surface area (Å²) < 4.78 is 0. The molecule has 0 radical (unpaired) electrons. The first-order valence-electron chi connectivity index (χ1n) is 5.93. The average molecular weight is 270 g/mol. The van der Waals surface area contributed by atoms with Crippen molar-refractivity contribution in [2.75, 3.05) is 18.5 Å². The van der Waals surface area contributed by atoms with Crippen molar-refractivity contribution in [3.8, 4) is 0 Å². The molecule has 1 amide bonds. The molecule has 0 aliphatic heterocycles. The van der Waals surface area contributed by atoms with E-state index >= 15 is 0 Å². The molecular formula is C13H20ClN3O. The Morgan fingerprint density at radius 3 is 2.67 bits per heavy atom. The van der Waals surface area contributed by atoms with Crippen LogP contribution in [0.1, 0.15) is 19.4 Å². The van der Waals surface area contributed by atoms with Gasteiger partial charge in [-0.15, -0.1) is 0 Å². The zero-order valence-corrected chi connectivity index (χ0v) is 11.8. The Bertz CT molecular complexity index is 421. The van der Waals surface area contributed by atoms with E-state index in [4.69, 9.17) is 17.3 Å². The Labute approximate surface area is 113 Å². The second-order valence-corrected chi connectivity index (χ2v) is 4.97. The van der Waals surface area contributed by atoms with E-state index in [1.165, 1.54) is 0 Å². The number of rotatable bonds is 5. The van der Waals surface area contributed by atoms with E-state index in [0.717, 1.165) is 11.3 Å². The second kappa shape index (κ2) is 6.61. The van der Waals surface area contributed by atoms with Crippen LogP contribution in [0.4, 0.5) is 5.69 Å². The van der Waals surface area contributed by atoms with Gasteiger partial charge in [-0.3, -0.25) is 4.79 Å². The van der Waals surface area contributed by atoms with Crippen molar-refractivity contribution in [3.63, 3.8) is 0 Å². The topological polar surface area (TPSA) is 58.4 Å². The molecule has 0 saturated heterocycles. The fourth-order valence-corrected chi connectivity index (χ4v) is 1.87. The van der Waals surface area contributed by atoms with Gasteiger partial charge >= 0.3 is 0 Å². The lowest BCUT2D eigenvalue weighted by Crippen LogP contribution is -2.38. The molecule has 1 aromatic rings. The molecule has 1 aromatic carbocycles. The second-order valence-electron chi connectivity index (χ2n) is 4.56. The van der Waals surface area contributed by atoms with E-state index in [2.05, 4.69) is 5.32 Å². The number of anilines is 1. The molecule has 0 spiro atoms. The first-order valence-corrected chi connectivity index (χ1v) is 6.30. The highest BCUT2D eigenvalue weighted by molar-refractivity contribution is 6.31. The van der Waals surface area contributed by atoms with Gasteiger partial charge in [0.05, 0.1) is 6.54 Å². The van der Waals surface area contributed by atoms with Gasteiger partial charge < -0.3 is 16.0 Å². The molecule has 0 heterocycles. The molecule has 18 heavy (non-hydrogen) atoms. The van der Waals surface area contributed by atoms with Gasteiger partial charge in [0.15, 0.2) is 0 Å². The highest BCUT2D eigenvalue weighted by Gasteiger charge is 2.09. The van der Waals surface area contributed by atoms with Crippen molar-refractivity contribution in [1.82, 2.24) is 5.32 Å². The summed E-state index contributed by atoms with van der Waals surface area (Å²) in [7, 11) is 1.85. The number of hydrogen-bond donors (Lipinski definition) is 2. The monoisotopic (exact) mass is 269 g/mol. The minimum atomic E-state index is -0.00785. The van der Waals surface area contributed by atoms with Gasteiger partial charge in [0.2, 0.25) is 5.91 Å². The predicted octanol–water partition coefficient (Wildman–Crippen LogP) is 1.76. The Morgan fingerprint density at radius 2 is 2.17 bits per heavy atom. The smallest absolute Gasteiger partial charge is 0.239 e. The van der Waals surface area contributed by atoms with Crippen LogP contribution in [0, 0.1) is 0 Å². The van der Waals surface area contributed by atoms with E-state index in [1.807, 2.05) is 44.0 Å². The summed E-state index contributed by atoms with van der Waals surface area (Å²) in [4.78, 5) is 13.5. The quantitative estimate of drug-likeness (QED) is 0.856. The lowest BCUT2D eigenvalue weighted by molar-refractivity contribution is -0.120. The van der Waals surface area contributed by atoms with E-state index in [-0.39, 0.29) is 11.9 Å². The number of likely N-dealkylation sites (N-methyl/N-ethyl adjacent to an activating group) is 1. The Balaban J connectivity index is 2.69. The third-order valence-electron chi connectivity index (χ3n) is 2.53. The van der Waals surface area contributed by atoms with Crippen molar-refractivity contribution in [3.05, 3.63) is 28.8 Å². The summed E-state index contributed by atoms with van der Waals surface area (Å²) in [5.74, 6) is -0.00785. The van der Waals surface area contributed by atoms with Crippen LogP contribution in [-0.4, -0.2) is 25.5 Å². The molecule has 5 heteroatoms. The lowest BCUT2D eigenvalue weighted by atomic mass is 10.2. The van der Waals surface area contributed by atoms with Gasteiger partial charge in [0.25, 0.3) is 0 Å². The number of hydrogen-bond acceptors (Lipinski definition) is 3. The highest BCUT2D eigenvalue weighted by Crippen LogP contribution is 2.22. The maximum absolute atomic E-state index is 11.6. The predicted molar refractivity (Wildman–Crippen MR) is 75.9 cm³/mol. The number of halogens is 1. The van der Waals surface area contributed by atoms with Crippen molar-refractivity contribution in [2.45, 2.75) is 26.4 Å². The van der Waals surface area contributed by atoms with Gasteiger partial charge in [0, 0.05) is 30.3 Å². The number of amides is 1. The van der Waals surface area contributed by atoms with Crippen molar-refractivity contribution in [1.29, 1.82) is 0 Å². The number of carbonyl (C=O) groups excluding carboxylic acids is 1. The Hall–Kier alpha value is -1.26. The standard InChI is InChI=1S/C13H20ClN3O/c1-9(2)16-13(18)8-17(3)11-5-4-10(7-15)12(14)6-11/h4-6,9H,7-8,15H2,1-3H3,(H,16,18). The van der Waals surface area contributed by atoms with Crippen molar-refractivity contribution >= 4 is 23.2 Å². The number of nitrogens with two attached hydrogens (primary N) is 1. The molecule has 0 aromatic heterocycles. The molecule has 3 N–H and O–H groups in total. The number of nitrogens with zero attached hydrogens (tertiary/aromatic N) is 1. The average Bonchev–Trinajstić information content (AvgIpc) is 2.27. The van der Waals surface area contributed by atoms with Crippen molar-refractivity contribution in [2.24, 2.45) is 5.73 Å². The fourth-order valence-electron chi connectivity index (χ4n) is 1.61. The normalized spacial score (nSPS) is 10.6. The fraction of sp³-hybridized carbons (Fsp3) is 0.462. The van der Waals surface area contributed by atoms with Gasteiger partial charge in [0.1, 0.15) is 0 Å². The molecule has 1 rings (SSSR count). The zero-order chi connectivity index (χ0) is 13.7. The largest absolute Gasteiger partial charge is 0.365 e. The van der Waals surface area contributed by atoms with Gasteiger partial charge in [-0.1, -0.05) is 17.7 Å². The molecule has 0 bridgehead atoms. The van der Waals surface area contributed by atoms with Crippen LogP contribution in [-0.2, 0) is 11.3 Å². The summed E-state index contributed by atoms with van der Waals surface area (Å²) >= 11 is 6.09. The molecule has 0 fully saturated rings. The van der Waals surface area contributed by atoms with Crippen molar-refractivity contribution < 1.29 is 4.79 Å². The first kappa shape index (κ1) is 14.8. The maximum Gasteiger partial charge on any atom is 0.239 e. The van der Waals surface area contributed by atoms with Crippen LogP contribution in [0.5, 0.6) is 0 Å². The van der Waals surface area contributed by atoms with E-state index < -0.39 is 0 Å². The van der Waals surface area contributed by atoms with Crippen LogP contribution in [0.2, 0.25) is 5.02 Å². The maximum atomic E-state index is 11.6. The summed E-state index contributed by atoms with van der Waals surface area (Å²) in [6.07, 6.45) is 0.